The Morgan fingerprint density at radius 2 is 1.81 bits per heavy atom. The van der Waals surface area contributed by atoms with Crippen molar-refractivity contribution in [3.8, 4) is 0 Å². The fourth-order valence-corrected chi connectivity index (χ4v) is 3.42. The molecule has 27 heavy (non-hydrogen) atoms. The average molecular weight is 363 g/mol. The molecule has 6 nitrogen and oxygen atoms in total. The first-order chi connectivity index (χ1) is 13.1. The summed E-state index contributed by atoms with van der Waals surface area (Å²) in [5.74, 6) is 0.0955. The van der Waals surface area contributed by atoms with Gasteiger partial charge in [0.2, 0.25) is 5.91 Å². The lowest BCUT2D eigenvalue weighted by atomic mass is 10.1. The number of oxazole rings is 1. The van der Waals surface area contributed by atoms with Crippen molar-refractivity contribution < 1.29 is 14.0 Å². The van der Waals surface area contributed by atoms with Crippen LogP contribution in [0.2, 0.25) is 0 Å². The molecule has 2 aromatic carbocycles. The van der Waals surface area contributed by atoms with E-state index in [1.807, 2.05) is 59.2 Å². The van der Waals surface area contributed by atoms with E-state index in [2.05, 4.69) is 4.98 Å². The Morgan fingerprint density at radius 1 is 1.04 bits per heavy atom. The van der Waals surface area contributed by atoms with Crippen molar-refractivity contribution in [1.29, 1.82) is 0 Å². The van der Waals surface area contributed by atoms with Crippen LogP contribution in [0.1, 0.15) is 21.5 Å². The van der Waals surface area contributed by atoms with E-state index in [1.165, 1.54) is 6.39 Å². The number of hydrogen-bond donors (Lipinski definition) is 0. The normalized spacial score (nSPS) is 14.6. The largest absolute Gasteiger partial charge is 0.443 e. The van der Waals surface area contributed by atoms with Gasteiger partial charge >= 0.3 is 0 Å². The van der Waals surface area contributed by atoms with Gasteiger partial charge in [0, 0.05) is 31.7 Å². The van der Waals surface area contributed by atoms with Crippen molar-refractivity contribution in [2.24, 2.45) is 0 Å². The van der Waals surface area contributed by atoms with Gasteiger partial charge in [-0.2, -0.15) is 0 Å². The SMILES string of the molecule is Cc1cccc(C(=O)N2CCN(C(=O)Cc3ccc4ncoc4c3)CC2)c1. The Kier molecular flexibility index (Phi) is 4.62. The zero-order chi connectivity index (χ0) is 18.8. The van der Waals surface area contributed by atoms with Crippen molar-refractivity contribution in [1.82, 2.24) is 14.8 Å². The summed E-state index contributed by atoms with van der Waals surface area (Å²) in [5, 5.41) is 0. The van der Waals surface area contributed by atoms with Gasteiger partial charge in [-0.15, -0.1) is 0 Å². The number of carbonyl (C=O) groups excluding carboxylic acids is 2. The van der Waals surface area contributed by atoms with Crippen molar-refractivity contribution in [2.45, 2.75) is 13.3 Å². The zero-order valence-corrected chi connectivity index (χ0v) is 15.2. The molecule has 0 N–H and O–H groups in total. The highest BCUT2D eigenvalue weighted by Gasteiger charge is 2.25. The molecule has 3 aromatic rings. The molecule has 6 heteroatoms. The molecule has 1 aliphatic heterocycles. The monoisotopic (exact) mass is 363 g/mol. The molecule has 1 fully saturated rings. The number of aromatic nitrogens is 1. The fraction of sp³-hybridized carbons (Fsp3) is 0.286. The lowest BCUT2D eigenvalue weighted by Gasteiger charge is -2.35. The Bertz CT molecular complexity index is 987. The summed E-state index contributed by atoms with van der Waals surface area (Å²) in [6.45, 7) is 4.20. The van der Waals surface area contributed by atoms with E-state index >= 15 is 0 Å². The summed E-state index contributed by atoms with van der Waals surface area (Å²) in [4.78, 5) is 33.0. The molecule has 0 spiro atoms. The molecule has 0 aliphatic carbocycles. The van der Waals surface area contributed by atoms with Gasteiger partial charge in [0.05, 0.1) is 6.42 Å². The van der Waals surface area contributed by atoms with Crippen molar-refractivity contribution in [3.63, 3.8) is 0 Å². The second kappa shape index (κ2) is 7.23. The minimum Gasteiger partial charge on any atom is -0.443 e. The van der Waals surface area contributed by atoms with Gasteiger partial charge < -0.3 is 14.2 Å². The predicted molar refractivity (Wildman–Crippen MR) is 101 cm³/mol. The first-order valence-corrected chi connectivity index (χ1v) is 9.06. The van der Waals surface area contributed by atoms with Crippen molar-refractivity contribution in [3.05, 3.63) is 65.5 Å². The number of amides is 2. The second-order valence-corrected chi connectivity index (χ2v) is 6.87. The molecule has 138 valence electrons. The fourth-order valence-electron chi connectivity index (χ4n) is 3.42. The highest BCUT2D eigenvalue weighted by atomic mass is 16.3. The van der Waals surface area contributed by atoms with E-state index in [9.17, 15) is 9.59 Å². The minimum atomic E-state index is 0.0292. The van der Waals surface area contributed by atoms with E-state index in [0.29, 0.717) is 43.7 Å². The molecule has 1 saturated heterocycles. The van der Waals surface area contributed by atoms with Crippen LogP contribution in [0.25, 0.3) is 11.1 Å². The molecule has 2 heterocycles. The van der Waals surface area contributed by atoms with Gasteiger partial charge in [0.15, 0.2) is 12.0 Å². The number of aryl methyl sites for hydroxylation is 1. The van der Waals surface area contributed by atoms with E-state index in [1.54, 1.807) is 0 Å². The van der Waals surface area contributed by atoms with Gasteiger partial charge in [0.1, 0.15) is 5.52 Å². The number of fused-ring (bicyclic) bond motifs is 1. The molecule has 0 atom stereocenters. The molecule has 1 aliphatic rings. The Hall–Kier alpha value is -3.15. The number of nitrogens with zero attached hydrogens (tertiary/aromatic N) is 3. The summed E-state index contributed by atoms with van der Waals surface area (Å²) in [5.41, 5.74) is 4.15. The van der Waals surface area contributed by atoms with E-state index in [4.69, 9.17) is 4.42 Å². The summed E-state index contributed by atoms with van der Waals surface area (Å²) in [6.07, 6.45) is 1.73. The van der Waals surface area contributed by atoms with Crippen LogP contribution in [0.4, 0.5) is 0 Å². The van der Waals surface area contributed by atoms with Crippen LogP contribution in [0, 0.1) is 6.92 Å². The minimum absolute atomic E-state index is 0.0292. The first-order valence-electron chi connectivity index (χ1n) is 9.06. The van der Waals surface area contributed by atoms with E-state index < -0.39 is 0 Å². The van der Waals surface area contributed by atoms with E-state index in [-0.39, 0.29) is 11.8 Å². The number of rotatable bonds is 3. The van der Waals surface area contributed by atoms with Gasteiger partial charge in [-0.05, 0) is 36.8 Å². The van der Waals surface area contributed by atoms with Crippen LogP contribution in [0.3, 0.4) is 0 Å². The Labute approximate surface area is 157 Å². The Morgan fingerprint density at radius 3 is 2.59 bits per heavy atom. The third-order valence-electron chi connectivity index (χ3n) is 4.94. The summed E-state index contributed by atoms with van der Waals surface area (Å²) in [6, 6.07) is 13.2. The lowest BCUT2D eigenvalue weighted by Crippen LogP contribution is -2.51. The third-order valence-corrected chi connectivity index (χ3v) is 4.94. The Balaban J connectivity index is 1.35. The van der Waals surface area contributed by atoms with Crippen LogP contribution in [0.5, 0.6) is 0 Å². The van der Waals surface area contributed by atoms with Crippen LogP contribution in [-0.2, 0) is 11.2 Å². The van der Waals surface area contributed by atoms with Gasteiger partial charge in [-0.25, -0.2) is 4.98 Å². The molecule has 0 radical (unpaired) electrons. The smallest absolute Gasteiger partial charge is 0.253 e. The van der Waals surface area contributed by atoms with Crippen LogP contribution < -0.4 is 0 Å². The van der Waals surface area contributed by atoms with Crippen molar-refractivity contribution in [2.75, 3.05) is 26.2 Å². The maximum atomic E-state index is 12.6. The van der Waals surface area contributed by atoms with Gasteiger partial charge in [-0.1, -0.05) is 23.8 Å². The van der Waals surface area contributed by atoms with Gasteiger partial charge in [0.25, 0.3) is 5.91 Å². The predicted octanol–water partition coefficient (Wildman–Crippen LogP) is 2.66. The van der Waals surface area contributed by atoms with Crippen molar-refractivity contribution >= 4 is 22.9 Å². The zero-order valence-electron chi connectivity index (χ0n) is 15.2. The van der Waals surface area contributed by atoms with Gasteiger partial charge in [-0.3, -0.25) is 9.59 Å². The molecule has 4 rings (SSSR count). The molecule has 2 amide bonds. The maximum Gasteiger partial charge on any atom is 0.253 e. The third kappa shape index (κ3) is 3.69. The summed E-state index contributed by atoms with van der Waals surface area (Å²) < 4.78 is 5.30. The highest BCUT2D eigenvalue weighted by molar-refractivity contribution is 5.94. The summed E-state index contributed by atoms with van der Waals surface area (Å²) in [7, 11) is 0. The molecular weight excluding hydrogens is 342 g/mol. The maximum absolute atomic E-state index is 12.6. The quantitative estimate of drug-likeness (QED) is 0.718. The summed E-state index contributed by atoms with van der Waals surface area (Å²) >= 11 is 0. The van der Waals surface area contributed by atoms with E-state index in [0.717, 1.165) is 16.6 Å². The number of carbonyl (C=O) groups is 2. The number of hydrogen-bond acceptors (Lipinski definition) is 4. The van der Waals surface area contributed by atoms with Crippen LogP contribution in [0.15, 0.2) is 53.3 Å². The van der Waals surface area contributed by atoms with Crippen LogP contribution in [-0.4, -0.2) is 52.8 Å². The first kappa shape index (κ1) is 17.3. The number of piperazine rings is 1. The molecule has 1 aromatic heterocycles. The lowest BCUT2D eigenvalue weighted by molar-refractivity contribution is -0.131. The highest BCUT2D eigenvalue weighted by Crippen LogP contribution is 2.16. The molecule has 0 unspecified atom stereocenters. The molecular formula is C21H21N3O3. The molecule has 0 bridgehead atoms. The molecule has 0 saturated carbocycles. The average Bonchev–Trinajstić information content (AvgIpc) is 3.15. The topological polar surface area (TPSA) is 66.7 Å². The standard InChI is InChI=1S/C21H21N3O3/c1-15-3-2-4-17(11-15)21(26)24-9-7-23(8-10-24)20(25)13-16-5-6-18-19(12-16)27-14-22-18/h2-6,11-12,14H,7-10,13H2,1H3. The second-order valence-electron chi connectivity index (χ2n) is 6.87. The van der Waals surface area contributed by atoms with Crippen LogP contribution >= 0.6 is 0 Å². The number of benzene rings is 2.